The van der Waals surface area contributed by atoms with Crippen LogP contribution < -0.4 is 14.4 Å². The third-order valence-corrected chi connectivity index (χ3v) is 8.11. The molecule has 3 rings (SSSR count). The van der Waals surface area contributed by atoms with E-state index in [0.29, 0.717) is 22.4 Å². The lowest BCUT2D eigenvalue weighted by atomic mass is 10.1. The maximum Gasteiger partial charge on any atom is 0.264 e. The van der Waals surface area contributed by atoms with E-state index in [1.54, 1.807) is 43.3 Å². The van der Waals surface area contributed by atoms with Crippen LogP contribution in [0.15, 0.2) is 82.2 Å². The van der Waals surface area contributed by atoms with E-state index in [1.165, 1.54) is 48.3 Å². The second-order valence-electron chi connectivity index (χ2n) is 8.33. The molecule has 1 atom stereocenters. The zero-order chi connectivity index (χ0) is 27.9. The molecule has 0 aromatic heterocycles. The molecule has 2 amide bonds. The largest absolute Gasteiger partial charge is 0.494 e. The molecule has 11 heteroatoms. The topological polar surface area (TPSA) is 96.0 Å². The normalized spacial score (nSPS) is 11.9. The summed E-state index contributed by atoms with van der Waals surface area (Å²) in [6.07, 6.45) is 0. The molecule has 0 aliphatic heterocycles. The number of nitrogens with zero attached hydrogens (tertiary/aromatic N) is 2. The number of rotatable bonds is 11. The lowest BCUT2D eigenvalue weighted by molar-refractivity contribution is -0.139. The molecule has 0 unspecified atom stereocenters. The highest BCUT2D eigenvalue weighted by Gasteiger charge is 2.32. The fourth-order valence-corrected chi connectivity index (χ4v) is 5.39. The zero-order valence-electron chi connectivity index (χ0n) is 21.2. The maximum absolute atomic E-state index is 13.8. The molecule has 0 radical (unpaired) electrons. The quantitative estimate of drug-likeness (QED) is 0.351. The van der Waals surface area contributed by atoms with Crippen LogP contribution in [0.4, 0.5) is 10.1 Å². The summed E-state index contributed by atoms with van der Waals surface area (Å²) in [5.74, 6) is -0.924. The van der Waals surface area contributed by atoms with Crippen molar-refractivity contribution in [1.29, 1.82) is 0 Å². The van der Waals surface area contributed by atoms with Gasteiger partial charge in [-0.1, -0.05) is 28.1 Å². The average Bonchev–Trinajstić information content (AvgIpc) is 2.91. The predicted molar refractivity (Wildman–Crippen MR) is 147 cm³/mol. The number of carbonyl (C=O) groups is 2. The summed E-state index contributed by atoms with van der Waals surface area (Å²) < 4.78 is 48.1. The van der Waals surface area contributed by atoms with Gasteiger partial charge in [-0.05, 0) is 80.1 Å². The smallest absolute Gasteiger partial charge is 0.264 e. The SMILES string of the molecule is CCOc1ccc(N(CC(=O)N(Cc2ccc(F)cc2)[C@H](C)C(=O)NC)S(=O)(=O)c2ccc(Br)cc2)cc1. The Kier molecular flexibility index (Phi) is 9.87. The van der Waals surface area contributed by atoms with Crippen molar-refractivity contribution in [2.75, 3.05) is 24.5 Å². The second kappa shape index (κ2) is 12.9. The lowest BCUT2D eigenvalue weighted by Crippen LogP contribution is -2.50. The number of ether oxygens (including phenoxy) is 1. The van der Waals surface area contributed by atoms with E-state index in [1.807, 2.05) is 6.92 Å². The Morgan fingerprint density at radius 3 is 2.16 bits per heavy atom. The van der Waals surface area contributed by atoms with Crippen molar-refractivity contribution in [1.82, 2.24) is 10.2 Å². The van der Waals surface area contributed by atoms with Gasteiger partial charge in [0, 0.05) is 18.1 Å². The van der Waals surface area contributed by atoms with Crippen molar-refractivity contribution in [3.05, 3.63) is 88.6 Å². The summed E-state index contributed by atoms with van der Waals surface area (Å²) in [7, 11) is -2.73. The number of nitrogens with one attached hydrogen (secondary N) is 1. The molecule has 0 saturated carbocycles. The van der Waals surface area contributed by atoms with E-state index in [2.05, 4.69) is 21.2 Å². The van der Waals surface area contributed by atoms with Crippen LogP contribution in [-0.4, -0.2) is 51.4 Å². The van der Waals surface area contributed by atoms with Crippen LogP contribution in [-0.2, 0) is 26.2 Å². The standard InChI is InChI=1S/C27H29BrFN3O5S/c1-4-37-24-13-11-23(12-14-24)32(38(35,36)25-15-7-21(28)8-16-25)18-26(33)31(19(2)27(34)30-3)17-20-5-9-22(29)10-6-20/h5-16,19H,4,17-18H2,1-3H3,(H,30,34)/t19-/m1/s1. The van der Waals surface area contributed by atoms with Crippen LogP contribution in [0.25, 0.3) is 0 Å². The third-order valence-electron chi connectivity index (χ3n) is 5.80. The minimum Gasteiger partial charge on any atom is -0.494 e. The molecule has 0 aliphatic rings. The number of hydrogen-bond donors (Lipinski definition) is 1. The Morgan fingerprint density at radius 2 is 1.61 bits per heavy atom. The summed E-state index contributed by atoms with van der Waals surface area (Å²) in [6, 6.07) is 17.0. The molecular weight excluding hydrogens is 577 g/mol. The van der Waals surface area contributed by atoms with Gasteiger partial charge in [0.1, 0.15) is 24.2 Å². The Morgan fingerprint density at radius 1 is 1.00 bits per heavy atom. The second-order valence-corrected chi connectivity index (χ2v) is 11.1. The van der Waals surface area contributed by atoms with E-state index < -0.39 is 40.2 Å². The van der Waals surface area contributed by atoms with Crippen LogP contribution in [0, 0.1) is 5.82 Å². The Balaban J connectivity index is 2.02. The highest BCUT2D eigenvalue weighted by molar-refractivity contribution is 9.10. The van der Waals surface area contributed by atoms with E-state index >= 15 is 0 Å². The summed E-state index contributed by atoms with van der Waals surface area (Å²) in [5.41, 5.74) is 0.831. The molecule has 202 valence electrons. The Bertz CT molecular complexity index is 1350. The van der Waals surface area contributed by atoms with Crippen molar-refractivity contribution < 1.29 is 27.1 Å². The first-order valence-electron chi connectivity index (χ1n) is 11.8. The fraction of sp³-hybridized carbons (Fsp3) is 0.259. The van der Waals surface area contributed by atoms with Crippen molar-refractivity contribution in [3.8, 4) is 5.75 Å². The number of carbonyl (C=O) groups excluding carboxylic acids is 2. The summed E-state index contributed by atoms with van der Waals surface area (Å²) >= 11 is 3.30. The molecule has 0 heterocycles. The highest BCUT2D eigenvalue weighted by Crippen LogP contribution is 2.27. The summed E-state index contributed by atoms with van der Waals surface area (Å²) in [5, 5.41) is 2.52. The van der Waals surface area contributed by atoms with E-state index in [0.717, 1.165) is 4.31 Å². The van der Waals surface area contributed by atoms with Gasteiger partial charge in [0.2, 0.25) is 11.8 Å². The Labute approximate surface area is 230 Å². The van der Waals surface area contributed by atoms with Crippen LogP contribution in [0.3, 0.4) is 0 Å². The van der Waals surface area contributed by atoms with Gasteiger partial charge in [-0.25, -0.2) is 12.8 Å². The monoisotopic (exact) mass is 605 g/mol. The van der Waals surface area contributed by atoms with Gasteiger partial charge in [-0.15, -0.1) is 0 Å². The summed E-state index contributed by atoms with van der Waals surface area (Å²) in [4.78, 5) is 27.4. The van der Waals surface area contributed by atoms with Crippen LogP contribution in [0.2, 0.25) is 0 Å². The lowest BCUT2D eigenvalue weighted by Gasteiger charge is -2.31. The van der Waals surface area contributed by atoms with E-state index in [9.17, 15) is 22.4 Å². The predicted octanol–water partition coefficient (Wildman–Crippen LogP) is 4.35. The van der Waals surface area contributed by atoms with Gasteiger partial charge in [0.25, 0.3) is 10.0 Å². The minimum absolute atomic E-state index is 0.00757. The molecule has 3 aromatic rings. The van der Waals surface area contributed by atoms with E-state index in [-0.39, 0.29) is 17.1 Å². The number of amides is 2. The van der Waals surface area contributed by atoms with Crippen molar-refractivity contribution in [3.63, 3.8) is 0 Å². The molecule has 0 fully saturated rings. The molecule has 3 aromatic carbocycles. The molecule has 0 aliphatic carbocycles. The molecule has 8 nitrogen and oxygen atoms in total. The van der Waals surface area contributed by atoms with E-state index in [4.69, 9.17) is 4.74 Å². The maximum atomic E-state index is 13.8. The number of sulfonamides is 1. The summed E-state index contributed by atoms with van der Waals surface area (Å²) in [6.45, 7) is 3.22. The first-order chi connectivity index (χ1) is 18.1. The van der Waals surface area contributed by atoms with Crippen LogP contribution in [0.5, 0.6) is 5.75 Å². The molecule has 0 saturated heterocycles. The average molecular weight is 607 g/mol. The van der Waals surface area contributed by atoms with Gasteiger partial charge < -0.3 is 15.0 Å². The van der Waals surface area contributed by atoms with Crippen molar-refractivity contribution in [2.45, 2.75) is 31.3 Å². The molecule has 0 bridgehead atoms. The molecule has 0 spiro atoms. The first-order valence-corrected chi connectivity index (χ1v) is 14.1. The van der Waals surface area contributed by atoms with Crippen LogP contribution in [0.1, 0.15) is 19.4 Å². The van der Waals surface area contributed by atoms with Crippen LogP contribution >= 0.6 is 15.9 Å². The van der Waals surface area contributed by atoms with Crippen molar-refractivity contribution >= 4 is 43.5 Å². The zero-order valence-corrected chi connectivity index (χ0v) is 23.6. The van der Waals surface area contributed by atoms with Gasteiger partial charge in [-0.2, -0.15) is 0 Å². The Hall–Kier alpha value is -3.44. The van der Waals surface area contributed by atoms with Gasteiger partial charge in [0.15, 0.2) is 0 Å². The van der Waals surface area contributed by atoms with Gasteiger partial charge in [-0.3, -0.25) is 13.9 Å². The fourth-order valence-electron chi connectivity index (χ4n) is 3.72. The molecule has 1 N–H and O–H groups in total. The molecule has 38 heavy (non-hydrogen) atoms. The number of anilines is 1. The number of benzene rings is 3. The first kappa shape index (κ1) is 29.1. The van der Waals surface area contributed by atoms with Crippen molar-refractivity contribution in [2.24, 2.45) is 0 Å². The van der Waals surface area contributed by atoms with Gasteiger partial charge >= 0.3 is 0 Å². The number of likely N-dealkylation sites (N-methyl/N-ethyl adjacent to an activating group) is 1. The number of halogens is 2. The highest BCUT2D eigenvalue weighted by atomic mass is 79.9. The molecular formula is C27H29BrFN3O5S. The van der Waals surface area contributed by atoms with Gasteiger partial charge in [0.05, 0.1) is 17.2 Å². The third kappa shape index (κ3) is 7.11. The number of hydrogen-bond acceptors (Lipinski definition) is 5. The minimum atomic E-state index is -4.18.